The van der Waals surface area contributed by atoms with Crippen LogP contribution in [0.4, 0.5) is 28.2 Å². The number of nitrogens with one attached hydrogen (secondary N) is 1. The molecule has 1 spiro atoms. The van der Waals surface area contributed by atoms with Crippen LogP contribution in [-0.2, 0) is 18.3 Å². The molecule has 5 rings (SSSR count). The number of amides is 2. The van der Waals surface area contributed by atoms with Crippen LogP contribution in [0.2, 0.25) is 0 Å². The largest absolute Gasteiger partial charge is 0.435 e. The number of anilines is 1. The van der Waals surface area contributed by atoms with Gasteiger partial charge in [-0.25, -0.2) is 13.9 Å². The van der Waals surface area contributed by atoms with E-state index in [4.69, 9.17) is 0 Å². The summed E-state index contributed by atoms with van der Waals surface area (Å²) in [7, 11) is 3.94. The molecule has 3 fully saturated rings. The van der Waals surface area contributed by atoms with Gasteiger partial charge in [-0.05, 0) is 76.2 Å². The molecule has 0 bridgehead atoms. The number of carbonyl (C=O) groups is 1. The molecule has 2 aromatic rings. The Hall–Kier alpha value is -2.62. The maximum absolute atomic E-state index is 14.0. The molecule has 1 N–H and O–H groups in total. The van der Waals surface area contributed by atoms with Crippen LogP contribution in [0, 0.1) is 11.7 Å². The minimum atomic E-state index is -4.57. The van der Waals surface area contributed by atoms with Crippen molar-refractivity contribution in [1.29, 1.82) is 0 Å². The zero-order chi connectivity index (χ0) is 24.3. The van der Waals surface area contributed by atoms with Gasteiger partial charge in [-0.15, -0.1) is 0 Å². The summed E-state index contributed by atoms with van der Waals surface area (Å²) >= 11 is 0. The first-order chi connectivity index (χ1) is 16.0. The molecule has 1 saturated heterocycles. The summed E-state index contributed by atoms with van der Waals surface area (Å²) < 4.78 is 55.5. The van der Waals surface area contributed by atoms with Crippen molar-refractivity contribution in [3.05, 3.63) is 47.4 Å². The lowest BCUT2D eigenvalue weighted by atomic mass is 9.69. The van der Waals surface area contributed by atoms with E-state index < -0.39 is 23.4 Å². The lowest BCUT2D eigenvalue weighted by Crippen LogP contribution is -2.54. The zero-order valence-electron chi connectivity index (χ0n) is 19.3. The summed E-state index contributed by atoms with van der Waals surface area (Å²) in [5.41, 5.74) is -0.996. The number of hydrogen-bond donors (Lipinski definition) is 1. The van der Waals surface area contributed by atoms with Gasteiger partial charge in [0.15, 0.2) is 5.69 Å². The third kappa shape index (κ3) is 4.06. The van der Waals surface area contributed by atoms with E-state index in [0.717, 1.165) is 24.5 Å². The summed E-state index contributed by atoms with van der Waals surface area (Å²) in [6.45, 7) is 0.664. The number of aromatic nitrogens is 2. The number of benzene rings is 1. The zero-order valence-corrected chi connectivity index (χ0v) is 19.3. The van der Waals surface area contributed by atoms with Crippen LogP contribution in [-0.4, -0.2) is 46.9 Å². The number of halogens is 4. The number of carbonyl (C=O) groups excluding carboxylic acids is 1. The quantitative estimate of drug-likeness (QED) is 0.630. The van der Waals surface area contributed by atoms with Crippen molar-refractivity contribution in [2.24, 2.45) is 5.92 Å². The first-order valence-electron chi connectivity index (χ1n) is 11.7. The fourth-order valence-corrected chi connectivity index (χ4v) is 5.53. The first kappa shape index (κ1) is 23.1. The number of nitrogens with zero attached hydrogens (tertiary/aromatic N) is 4. The molecule has 0 atom stereocenters. The highest BCUT2D eigenvalue weighted by Crippen LogP contribution is 2.47. The third-order valence-electron chi connectivity index (χ3n) is 7.78. The molecular weight excluding hydrogens is 450 g/mol. The van der Waals surface area contributed by atoms with Gasteiger partial charge in [0.2, 0.25) is 0 Å². The Bertz CT molecular complexity index is 1080. The molecule has 0 radical (unpaired) electrons. The standard InChI is InChI=1S/C24H29F4N5O/c1-31(2)23(17-4-3-5-18(25)12-17)10-8-22(9-11-23)15-32(21(34)29-22)20-13-19(24(26,27)28)30-33(20)14-16-6-7-16/h3-5,12-13,16H,6-11,14-15H2,1-2H3,(H,29,34). The van der Waals surface area contributed by atoms with Gasteiger partial charge in [0.05, 0.1) is 12.1 Å². The fourth-order valence-electron chi connectivity index (χ4n) is 5.53. The summed E-state index contributed by atoms with van der Waals surface area (Å²) in [4.78, 5) is 16.5. The van der Waals surface area contributed by atoms with E-state index >= 15 is 0 Å². The molecule has 184 valence electrons. The summed E-state index contributed by atoms with van der Waals surface area (Å²) in [6, 6.07) is 7.21. The lowest BCUT2D eigenvalue weighted by molar-refractivity contribution is -0.141. The SMILES string of the molecule is CN(C)C1(c2cccc(F)c2)CCC2(CC1)CN(c1cc(C(F)(F)F)nn1CC1CC1)C(=O)N2. The number of alkyl halides is 3. The van der Waals surface area contributed by atoms with Gasteiger partial charge in [0.1, 0.15) is 11.6 Å². The Labute approximate surface area is 195 Å². The van der Waals surface area contributed by atoms with E-state index in [1.165, 1.54) is 15.6 Å². The molecule has 2 aliphatic carbocycles. The minimum Gasteiger partial charge on any atom is -0.330 e. The van der Waals surface area contributed by atoms with Gasteiger partial charge in [-0.1, -0.05) is 12.1 Å². The van der Waals surface area contributed by atoms with Crippen molar-refractivity contribution in [3.8, 4) is 0 Å². The van der Waals surface area contributed by atoms with E-state index in [2.05, 4.69) is 15.3 Å². The number of hydrogen-bond acceptors (Lipinski definition) is 3. The fraction of sp³-hybridized carbons (Fsp3) is 0.583. The van der Waals surface area contributed by atoms with Crippen molar-refractivity contribution in [2.75, 3.05) is 25.5 Å². The van der Waals surface area contributed by atoms with Crippen molar-refractivity contribution in [3.63, 3.8) is 0 Å². The Balaban J connectivity index is 1.39. The summed E-state index contributed by atoms with van der Waals surface area (Å²) in [5, 5.41) is 6.87. The van der Waals surface area contributed by atoms with Crippen LogP contribution in [0.25, 0.3) is 0 Å². The Morgan fingerprint density at radius 1 is 1.15 bits per heavy atom. The van der Waals surface area contributed by atoms with Gasteiger partial charge in [-0.2, -0.15) is 18.3 Å². The van der Waals surface area contributed by atoms with Crippen LogP contribution in [0.5, 0.6) is 0 Å². The normalized spacial score (nSPS) is 27.6. The van der Waals surface area contributed by atoms with Gasteiger partial charge >= 0.3 is 12.2 Å². The summed E-state index contributed by atoms with van der Waals surface area (Å²) in [5.74, 6) is 0.216. The molecule has 3 aliphatic rings. The van der Waals surface area contributed by atoms with Crippen molar-refractivity contribution in [1.82, 2.24) is 20.0 Å². The smallest absolute Gasteiger partial charge is 0.330 e. The molecule has 2 heterocycles. The molecule has 10 heteroatoms. The second-order valence-corrected chi connectivity index (χ2v) is 10.2. The average Bonchev–Trinajstić information content (AvgIpc) is 3.38. The third-order valence-corrected chi connectivity index (χ3v) is 7.78. The van der Waals surface area contributed by atoms with E-state index in [9.17, 15) is 22.4 Å². The van der Waals surface area contributed by atoms with Crippen LogP contribution >= 0.6 is 0 Å². The maximum Gasteiger partial charge on any atom is 0.435 e. The Morgan fingerprint density at radius 2 is 1.85 bits per heavy atom. The first-order valence-corrected chi connectivity index (χ1v) is 11.7. The van der Waals surface area contributed by atoms with Crippen molar-refractivity contribution >= 4 is 11.8 Å². The molecule has 1 aromatic carbocycles. The van der Waals surface area contributed by atoms with Gasteiger partial charge < -0.3 is 5.32 Å². The highest BCUT2D eigenvalue weighted by atomic mass is 19.4. The van der Waals surface area contributed by atoms with Crippen LogP contribution in [0.15, 0.2) is 30.3 Å². The number of rotatable bonds is 5. The van der Waals surface area contributed by atoms with Crippen LogP contribution in [0.3, 0.4) is 0 Å². The maximum atomic E-state index is 14.0. The monoisotopic (exact) mass is 479 g/mol. The van der Waals surface area contributed by atoms with Gasteiger partial charge in [0.25, 0.3) is 0 Å². The van der Waals surface area contributed by atoms with Gasteiger partial charge in [0, 0.05) is 18.2 Å². The van der Waals surface area contributed by atoms with E-state index in [1.807, 2.05) is 20.2 Å². The van der Waals surface area contributed by atoms with Crippen LogP contribution < -0.4 is 10.2 Å². The molecule has 2 amide bonds. The van der Waals surface area contributed by atoms with E-state index in [0.29, 0.717) is 38.1 Å². The predicted molar refractivity (Wildman–Crippen MR) is 119 cm³/mol. The average molecular weight is 480 g/mol. The molecule has 6 nitrogen and oxygen atoms in total. The van der Waals surface area contributed by atoms with E-state index in [-0.39, 0.29) is 23.7 Å². The molecule has 0 unspecified atom stereocenters. The molecule has 2 saturated carbocycles. The minimum absolute atomic E-state index is 0.197. The lowest BCUT2D eigenvalue weighted by Gasteiger charge is -2.48. The van der Waals surface area contributed by atoms with E-state index in [1.54, 1.807) is 12.1 Å². The molecule has 34 heavy (non-hydrogen) atoms. The molecule has 1 aliphatic heterocycles. The second kappa shape index (κ2) is 7.96. The molecular formula is C24H29F4N5O. The van der Waals surface area contributed by atoms with Crippen molar-refractivity contribution in [2.45, 2.75) is 62.3 Å². The Morgan fingerprint density at radius 3 is 2.44 bits per heavy atom. The molecule has 1 aromatic heterocycles. The topological polar surface area (TPSA) is 53.4 Å². The highest BCUT2D eigenvalue weighted by Gasteiger charge is 2.51. The number of urea groups is 1. The van der Waals surface area contributed by atoms with Crippen LogP contribution in [0.1, 0.15) is 49.8 Å². The highest BCUT2D eigenvalue weighted by molar-refractivity contribution is 5.94. The second-order valence-electron chi connectivity index (χ2n) is 10.2. The summed E-state index contributed by atoms with van der Waals surface area (Å²) in [6.07, 6.45) is -0.00934. The van der Waals surface area contributed by atoms with Crippen molar-refractivity contribution < 1.29 is 22.4 Å². The van der Waals surface area contributed by atoms with Gasteiger partial charge in [-0.3, -0.25) is 9.80 Å². The predicted octanol–water partition coefficient (Wildman–Crippen LogP) is 4.75. The Kier molecular flexibility index (Phi) is 5.42.